The molecule has 2 N–H and O–H groups in total. The molecule has 0 saturated carbocycles. The topological polar surface area (TPSA) is 59.6 Å². The minimum atomic E-state index is -0.289. The van der Waals surface area contributed by atoms with E-state index in [1.807, 2.05) is 42.5 Å². The SMILES string of the molecule is CCCCOc1ccccc1[C@@H]1Nc2ccccc2NC2=C1C(=O)C[C@H](c1ccc(OC)cc1)C2. The van der Waals surface area contributed by atoms with Crippen molar-refractivity contribution in [2.24, 2.45) is 0 Å². The lowest BCUT2D eigenvalue weighted by molar-refractivity contribution is -0.116. The van der Waals surface area contributed by atoms with E-state index in [9.17, 15) is 4.79 Å². The number of Topliss-reactive ketones (excluding diaryl/α,β-unsaturated/α-hetero) is 1. The van der Waals surface area contributed by atoms with Crippen LogP contribution in [-0.4, -0.2) is 19.5 Å². The molecule has 1 aliphatic carbocycles. The fourth-order valence-electron chi connectivity index (χ4n) is 5.01. The van der Waals surface area contributed by atoms with Gasteiger partial charge in [0.15, 0.2) is 5.78 Å². The van der Waals surface area contributed by atoms with Gasteiger partial charge in [-0.05, 0) is 54.7 Å². The van der Waals surface area contributed by atoms with E-state index in [2.05, 4.69) is 47.9 Å². The number of carbonyl (C=O) groups is 1. The van der Waals surface area contributed by atoms with Crippen LogP contribution in [0.5, 0.6) is 11.5 Å². The van der Waals surface area contributed by atoms with Crippen LogP contribution in [0.15, 0.2) is 84.1 Å². The quantitative estimate of drug-likeness (QED) is 0.371. The van der Waals surface area contributed by atoms with Crippen molar-refractivity contribution in [2.75, 3.05) is 24.4 Å². The molecule has 3 aromatic carbocycles. The van der Waals surface area contributed by atoms with E-state index in [1.54, 1.807) is 7.11 Å². The number of methoxy groups -OCH3 is 1. The molecule has 2 atom stereocenters. The molecule has 5 heteroatoms. The summed E-state index contributed by atoms with van der Waals surface area (Å²) in [5.74, 6) is 1.92. The van der Waals surface area contributed by atoms with E-state index in [0.717, 1.165) is 64.5 Å². The number of ether oxygens (including phenoxy) is 2. The first-order valence-corrected chi connectivity index (χ1v) is 12.4. The number of hydrogen-bond donors (Lipinski definition) is 2. The van der Waals surface area contributed by atoms with Crippen molar-refractivity contribution in [1.29, 1.82) is 0 Å². The third-order valence-corrected chi connectivity index (χ3v) is 6.88. The first kappa shape index (κ1) is 23.0. The zero-order chi connectivity index (χ0) is 24.2. The van der Waals surface area contributed by atoms with Crippen LogP contribution in [0, 0.1) is 0 Å². The summed E-state index contributed by atoms with van der Waals surface area (Å²) in [6.45, 7) is 2.82. The second kappa shape index (κ2) is 10.3. The first-order chi connectivity index (χ1) is 17.2. The molecule has 0 fully saturated rings. The number of hydrogen-bond acceptors (Lipinski definition) is 5. The molecule has 180 valence electrons. The van der Waals surface area contributed by atoms with Crippen LogP contribution >= 0.6 is 0 Å². The Hall–Kier alpha value is -3.73. The molecule has 0 amide bonds. The van der Waals surface area contributed by atoms with Crippen LogP contribution in [0.4, 0.5) is 11.4 Å². The minimum Gasteiger partial charge on any atom is -0.497 e. The molecule has 35 heavy (non-hydrogen) atoms. The zero-order valence-electron chi connectivity index (χ0n) is 20.3. The number of rotatable bonds is 7. The van der Waals surface area contributed by atoms with Gasteiger partial charge in [0, 0.05) is 23.3 Å². The van der Waals surface area contributed by atoms with Crippen molar-refractivity contribution in [1.82, 2.24) is 0 Å². The molecule has 0 bridgehead atoms. The maximum absolute atomic E-state index is 13.8. The van der Waals surface area contributed by atoms with Crippen molar-refractivity contribution < 1.29 is 14.3 Å². The highest BCUT2D eigenvalue weighted by molar-refractivity contribution is 6.01. The van der Waals surface area contributed by atoms with E-state index in [1.165, 1.54) is 0 Å². The van der Waals surface area contributed by atoms with Crippen LogP contribution in [0.1, 0.15) is 55.7 Å². The lowest BCUT2D eigenvalue weighted by Gasteiger charge is -2.30. The van der Waals surface area contributed by atoms with E-state index in [0.29, 0.717) is 13.0 Å². The van der Waals surface area contributed by atoms with Gasteiger partial charge in [0.2, 0.25) is 0 Å². The first-order valence-electron chi connectivity index (χ1n) is 12.4. The van der Waals surface area contributed by atoms with Gasteiger partial charge in [-0.25, -0.2) is 0 Å². The van der Waals surface area contributed by atoms with Gasteiger partial charge in [-0.2, -0.15) is 0 Å². The minimum absolute atomic E-state index is 0.113. The maximum atomic E-state index is 13.8. The van der Waals surface area contributed by atoms with Gasteiger partial charge in [0.1, 0.15) is 11.5 Å². The highest BCUT2D eigenvalue weighted by Gasteiger charge is 2.37. The molecule has 0 radical (unpaired) electrons. The Morgan fingerprint density at radius 1 is 0.914 bits per heavy atom. The van der Waals surface area contributed by atoms with Crippen molar-refractivity contribution in [3.05, 3.63) is 95.2 Å². The number of unbranched alkanes of at least 4 members (excludes halogenated alkanes) is 1. The van der Waals surface area contributed by atoms with E-state index in [4.69, 9.17) is 9.47 Å². The highest BCUT2D eigenvalue weighted by Crippen LogP contribution is 2.45. The predicted octanol–water partition coefficient (Wildman–Crippen LogP) is 6.85. The summed E-state index contributed by atoms with van der Waals surface area (Å²) in [6, 6.07) is 24.0. The molecule has 2 aliphatic rings. The summed E-state index contributed by atoms with van der Waals surface area (Å²) in [7, 11) is 1.67. The average molecular weight is 469 g/mol. The molecule has 1 heterocycles. The van der Waals surface area contributed by atoms with E-state index >= 15 is 0 Å². The largest absolute Gasteiger partial charge is 0.497 e. The fourth-order valence-corrected chi connectivity index (χ4v) is 5.01. The van der Waals surface area contributed by atoms with Crippen LogP contribution in [0.3, 0.4) is 0 Å². The third-order valence-electron chi connectivity index (χ3n) is 6.88. The molecule has 3 aromatic rings. The van der Waals surface area contributed by atoms with Gasteiger partial charge in [-0.1, -0.05) is 55.8 Å². The van der Waals surface area contributed by atoms with E-state index < -0.39 is 0 Å². The summed E-state index contributed by atoms with van der Waals surface area (Å²) in [5.41, 5.74) is 5.88. The number of benzene rings is 3. The number of allylic oxidation sites excluding steroid dienone is 1. The molecule has 5 nitrogen and oxygen atoms in total. The maximum Gasteiger partial charge on any atom is 0.163 e. The number of ketones is 1. The number of carbonyl (C=O) groups excluding carboxylic acids is 1. The molecular formula is C30H32N2O3. The average Bonchev–Trinajstić information content (AvgIpc) is 3.06. The molecule has 0 saturated heterocycles. The van der Waals surface area contributed by atoms with Gasteiger partial charge >= 0.3 is 0 Å². The van der Waals surface area contributed by atoms with Gasteiger partial charge in [-0.3, -0.25) is 4.79 Å². The molecule has 0 aromatic heterocycles. The Morgan fingerprint density at radius 3 is 2.43 bits per heavy atom. The van der Waals surface area contributed by atoms with Crippen molar-refractivity contribution in [3.63, 3.8) is 0 Å². The van der Waals surface area contributed by atoms with Crippen molar-refractivity contribution >= 4 is 17.2 Å². The summed E-state index contributed by atoms with van der Waals surface area (Å²) in [4.78, 5) is 13.8. The Kier molecular flexibility index (Phi) is 6.75. The Labute approximate surface area is 207 Å². The standard InChI is InChI=1S/C30H32N2O3/c1-3-4-17-35-28-12-8-5-9-23(28)30-29-26(31-24-10-6-7-11-25(24)32-30)18-21(19-27(29)33)20-13-15-22(34-2)16-14-20/h5-16,21,30-32H,3-4,17-19H2,1-2H3/t21-,30+/m1/s1. The Balaban J connectivity index is 1.56. The van der Waals surface area contributed by atoms with E-state index in [-0.39, 0.29) is 17.7 Å². The van der Waals surface area contributed by atoms with Gasteiger partial charge in [0.05, 0.1) is 31.1 Å². The molecule has 0 unspecified atom stereocenters. The van der Waals surface area contributed by atoms with Crippen molar-refractivity contribution in [2.45, 2.75) is 44.6 Å². The normalized spacial score (nSPS) is 19.1. The number of para-hydroxylation sites is 3. The smallest absolute Gasteiger partial charge is 0.163 e. The van der Waals surface area contributed by atoms with Gasteiger partial charge < -0.3 is 20.1 Å². The van der Waals surface area contributed by atoms with Crippen LogP contribution in [0.25, 0.3) is 0 Å². The zero-order valence-corrected chi connectivity index (χ0v) is 20.3. The molecular weight excluding hydrogens is 436 g/mol. The Bertz CT molecular complexity index is 1230. The second-order valence-corrected chi connectivity index (χ2v) is 9.18. The summed E-state index contributed by atoms with van der Waals surface area (Å²) < 4.78 is 11.5. The summed E-state index contributed by atoms with van der Waals surface area (Å²) in [5, 5.41) is 7.28. The summed E-state index contributed by atoms with van der Waals surface area (Å²) >= 11 is 0. The van der Waals surface area contributed by atoms with Crippen LogP contribution in [-0.2, 0) is 4.79 Å². The monoisotopic (exact) mass is 468 g/mol. The van der Waals surface area contributed by atoms with Crippen molar-refractivity contribution in [3.8, 4) is 11.5 Å². The highest BCUT2D eigenvalue weighted by atomic mass is 16.5. The van der Waals surface area contributed by atoms with Gasteiger partial charge in [0.25, 0.3) is 0 Å². The lowest BCUT2D eigenvalue weighted by Crippen LogP contribution is -2.27. The lowest BCUT2D eigenvalue weighted by atomic mass is 9.78. The number of fused-ring (bicyclic) bond motifs is 1. The van der Waals surface area contributed by atoms with Crippen LogP contribution < -0.4 is 20.1 Å². The molecule has 0 spiro atoms. The Morgan fingerprint density at radius 2 is 1.66 bits per heavy atom. The van der Waals surface area contributed by atoms with Gasteiger partial charge in [-0.15, -0.1) is 0 Å². The summed E-state index contributed by atoms with van der Waals surface area (Å²) in [6.07, 6.45) is 3.30. The second-order valence-electron chi connectivity index (χ2n) is 9.18. The molecule has 1 aliphatic heterocycles. The number of anilines is 2. The number of nitrogens with one attached hydrogen (secondary N) is 2. The predicted molar refractivity (Wildman–Crippen MR) is 140 cm³/mol. The molecule has 5 rings (SSSR count). The fraction of sp³-hybridized carbons (Fsp3) is 0.300. The van der Waals surface area contributed by atoms with Crippen LogP contribution in [0.2, 0.25) is 0 Å². The third kappa shape index (κ3) is 4.76.